The van der Waals surface area contributed by atoms with Crippen LogP contribution in [0.5, 0.6) is 0 Å². The first-order valence-electron chi connectivity index (χ1n) is 9.13. The molecule has 1 heterocycles. The van der Waals surface area contributed by atoms with Crippen molar-refractivity contribution in [2.75, 3.05) is 0 Å². The van der Waals surface area contributed by atoms with Crippen LogP contribution in [-0.4, -0.2) is 37.9 Å². The SMILES string of the molecule is O=C(N[C@H]1Cc2ccccc2[C@](O)(Cc2nn[nH]n2)C1)OCc1ccccc1. The number of hydrogen-bond donors (Lipinski definition) is 3. The second kappa shape index (κ2) is 7.77. The molecule has 3 N–H and O–H groups in total. The maximum Gasteiger partial charge on any atom is 0.407 e. The van der Waals surface area contributed by atoms with Crippen molar-refractivity contribution in [1.29, 1.82) is 0 Å². The summed E-state index contributed by atoms with van der Waals surface area (Å²) in [6.45, 7) is 0.198. The molecule has 0 saturated heterocycles. The number of H-pyrrole nitrogens is 1. The normalized spacial score (nSPS) is 21.0. The topological polar surface area (TPSA) is 113 Å². The average molecular weight is 379 g/mol. The highest BCUT2D eigenvalue weighted by Gasteiger charge is 2.40. The number of aliphatic hydroxyl groups is 1. The van der Waals surface area contributed by atoms with Crippen LogP contribution >= 0.6 is 0 Å². The summed E-state index contributed by atoms with van der Waals surface area (Å²) in [5, 5.41) is 28.1. The molecule has 8 nitrogen and oxygen atoms in total. The lowest BCUT2D eigenvalue weighted by Crippen LogP contribution is -2.47. The van der Waals surface area contributed by atoms with E-state index in [0.717, 1.165) is 16.7 Å². The van der Waals surface area contributed by atoms with Crippen LogP contribution in [0.2, 0.25) is 0 Å². The van der Waals surface area contributed by atoms with Gasteiger partial charge in [0.05, 0.1) is 5.60 Å². The fourth-order valence-corrected chi connectivity index (χ4v) is 3.73. The molecule has 0 aliphatic heterocycles. The van der Waals surface area contributed by atoms with Crippen LogP contribution in [0.3, 0.4) is 0 Å². The van der Waals surface area contributed by atoms with E-state index in [9.17, 15) is 9.90 Å². The van der Waals surface area contributed by atoms with Crippen molar-refractivity contribution in [2.45, 2.75) is 37.5 Å². The summed E-state index contributed by atoms with van der Waals surface area (Å²) in [7, 11) is 0. The van der Waals surface area contributed by atoms with Crippen molar-refractivity contribution >= 4 is 6.09 Å². The molecule has 144 valence electrons. The van der Waals surface area contributed by atoms with Gasteiger partial charge in [-0.25, -0.2) is 4.79 Å². The van der Waals surface area contributed by atoms with Crippen LogP contribution < -0.4 is 5.32 Å². The van der Waals surface area contributed by atoms with Crippen molar-refractivity contribution in [3.8, 4) is 0 Å². The van der Waals surface area contributed by atoms with Gasteiger partial charge in [0, 0.05) is 18.9 Å². The first kappa shape index (κ1) is 18.1. The van der Waals surface area contributed by atoms with Gasteiger partial charge >= 0.3 is 6.09 Å². The Morgan fingerprint density at radius 2 is 2.00 bits per heavy atom. The third-order valence-electron chi connectivity index (χ3n) is 4.94. The Hall–Kier alpha value is -3.26. The number of benzene rings is 2. The van der Waals surface area contributed by atoms with Crippen LogP contribution in [0.15, 0.2) is 54.6 Å². The number of amides is 1. The average Bonchev–Trinajstić information content (AvgIpc) is 3.20. The largest absolute Gasteiger partial charge is 0.445 e. The van der Waals surface area contributed by atoms with E-state index in [1.807, 2.05) is 54.6 Å². The molecular weight excluding hydrogens is 358 g/mol. The molecule has 8 heteroatoms. The first-order valence-corrected chi connectivity index (χ1v) is 9.13. The summed E-state index contributed by atoms with van der Waals surface area (Å²) in [6, 6.07) is 16.9. The monoisotopic (exact) mass is 379 g/mol. The van der Waals surface area contributed by atoms with Gasteiger partial charge in [0.25, 0.3) is 0 Å². The number of carbonyl (C=O) groups is 1. The number of carbonyl (C=O) groups excluding carboxylic acids is 1. The van der Waals surface area contributed by atoms with E-state index in [0.29, 0.717) is 18.7 Å². The number of nitrogens with zero attached hydrogens (tertiary/aromatic N) is 3. The molecular formula is C20H21N5O3. The van der Waals surface area contributed by atoms with Crippen LogP contribution in [-0.2, 0) is 29.8 Å². The van der Waals surface area contributed by atoms with Crippen LogP contribution in [0.1, 0.15) is 28.9 Å². The van der Waals surface area contributed by atoms with Crippen molar-refractivity contribution in [3.05, 3.63) is 77.1 Å². The van der Waals surface area contributed by atoms with Gasteiger partial charge in [-0.3, -0.25) is 0 Å². The number of alkyl carbamates (subject to hydrolysis) is 1. The molecule has 0 fully saturated rings. The third-order valence-corrected chi connectivity index (χ3v) is 4.94. The zero-order valence-electron chi connectivity index (χ0n) is 15.2. The van der Waals surface area contributed by atoms with Gasteiger partial charge in [-0.05, 0) is 23.1 Å². The zero-order chi connectivity index (χ0) is 19.4. The predicted octanol–water partition coefficient (Wildman–Crippen LogP) is 1.87. The Morgan fingerprint density at radius 3 is 2.79 bits per heavy atom. The number of tetrazole rings is 1. The standard InChI is InChI=1S/C20H21N5O3/c26-19(28-13-14-6-2-1-3-7-14)21-16-10-15-8-4-5-9-17(15)20(27,11-16)12-18-22-24-25-23-18/h1-9,16,27H,10-13H2,(H,21,26)(H,22,23,24,25)/t16-,20+/m0/s1. The van der Waals surface area contributed by atoms with Crippen LogP contribution in [0.4, 0.5) is 4.79 Å². The minimum atomic E-state index is -1.20. The molecule has 1 amide bonds. The molecule has 0 saturated carbocycles. The smallest absolute Gasteiger partial charge is 0.407 e. The molecule has 3 aromatic rings. The summed E-state index contributed by atoms with van der Waals surface area (Å²) >= 11 is 0. The van der Waals surface area contributed by atoms with Crippen LogP contribution in [0, 0.1) is 0 Å². The Morgan fingerprint density at radius 1 is 1.21 bits per heavy atom. The van der Waals surface area contributed by atoms with Gasteiger partial charge in [0.2, 0.25) is 0 Å². The molecule has 2 atom stereocenters. The van der Waals surface area contributed by atoms with Crippen molar-refractivity contribution < 1.29 is 14.6 Å². The summed E-state index contributed by atoms with van der Waals surface area (Å²) < 4.78 is 5.32. The number of aromatic amines is 1. The van der Waals surface area contributed by atoms with E-state index in [2.05, 4.69) is 25.9 Å². The van der Waals surface area contributed by atoms with Gasteiger partial charge in [-0.2, -0.15) is 5.21 Å². The number of aromatic nitrogens is 4. The first-order chi connectivity index (χ1) is 13.6. The molecule has 0 bridgehead atoms. The maximum atomic E-state index is 12.3. The molecule has 1 aliphatic rings. The molecule has 2 aromatic carbocycles. The predicted molar refractivity (Wildman–Crippen MR) is 100 cm³/mol. The molecule has 0 unspecified atom stereocenters. The van der Waals surface area contributed by atoms with E-state index >= 15 is 0 Å². The van der Waals surface area contributed by atoms with Crippen molar-refractivity contribution in [1.82, 2.24) is 25.9 Å². The minimum absolute atomic E-state index is 0.198. The highest BCUT2D eigenvalue weighted by molar-refractivity contribution is 5.67. The van der Waals surface area contributed by atoms with E-state index < -0.39 is 11.7 Å². The zero-order valence-corrected chi connectivity index (χ0v) is 15.2. The Bertz CT molecular complexity index is 932. The molecule has 1 aromatic heterocycles. The van der Waals surface area contributed by atoms with E-state index in [-0.39, 0.29) is 19.1 Å². The van der Waals surface area contributed by atoms with Crippen molar-refractivity contribution in [3.63, 3.8) is 0 Å². The highest BCUT2D eigenvalue weighted by atomic mass is 16.5. The fraction of sp³-hybridized carbons (Fsp3) is 0.300. The summed E-state index contributed by atoms with van der Waals surface area (Å²) in [5.74, 6) is 0.421. The lowest BCUT2D eigenvalue weighted by molar-refractivity contribution is 0.00709. The van der Waals surface area contributed by atoms with Gasteiger partial charge in [0.1, 0.15) is 6.61 Å². The molecule has 0 spiro atoms. The number of fused-ring (bicyclic) bond motifs is 1. The van der Waals surface area contributed by atoms with Crippen molar-refractivity contribution in [2.24, 2.45) is 0 Å². The lowest BCUT2D eigenvalue weighted by atomic mass is 9.75. The van der Waals surface area contributed by atoms with Gasteiger partial charge in [-0.15, -0.1) is 10.2 Å². The van der Waals surface area contributed by atoms with E-state index in [1.165, 1.54) is 0 Å². The molecule has 1 aliphatic carbocycles. The minimum Gasteiger partial charge on any atom is -0.445 e. The number of nitrogens with one attached hydrogen (secondary N) is 2. The van der Waals surface area contributed by atoms with Gasteiger partial charge in [-0.1, -0.05) is 59.8 Å². The third kappa shape index (κ3) is 4.01. The lowest BCUT2D eigenvalue weighted by Gasteiger charge is -2.38. The second-order valence-corrected chi connectivity index (χ2v) is 7.00. The summed E-state index contributed by atoms with van der Waals surface area (Å²) in [4.78, 5) is 12.3. The van der Waals surface area contributed by atoms with Gasteiger partial charge in [0.15, 0.2) is 5.82 Å². The number of rotatable bonds is 5. The maximum absolute atomic E-state index is 12.3. The second-order valence-electron chi connectivity index (χ2n) is 7.00. The molecule has 4 rings (SSSR count). The summed E-state index contributed by atoms with van der Waals surface area (Å²) in [5.41, 5.74) is 1.53. The molecule has 0 radical (unpaired) electrons. The molecule has 28 heavy (non-hydrogen) atoms. The summed E-state index contributed by atoms with van der Waals surface area (Å²) in [6.07, 6.45) is 0.650. The highest BCUT2D eigenvalue weighted by Crippen LogP contribution is 2.37. The van der Waals surface area contributed by atoms with E-state index in [4.69, 9.17) is 4.74 Å². The number of hydrogen-bond acceptors (Lipinski definition) is 6. The fourth-order valence-electron chi connectivity index (χ4n) is 3.73. The Balaban J connectivity index is 1.46. The Kier molecular flexibility index (Phi) is 5.03. The van der Waals surface area contributed by atoms with Gasteiger partial charge < -0.3 is 15.2 Å². The Labute approximate surface area is 161 Å². The number of ether oxygens (including phenoxy) is 1. The van der Waals surface area contributed by atoms with E-state index in [1.54, 1.807) is 0 Å². The quantitative estimate of drug-likeness (QED) is 0.624. The van der Waals surface area contributed by atoms with Crippen LogP contribution in [0.25, 0.3) is 0 Å².